The van der Waals surface area contributed by atoms with Gasteiger partial charge >= 0.3 is 0 Å². The monoisotopic (exact) mass is 307 g/mol. The van der Waals surface area contributed by atoms with E-state index in [1.807, 2.05) is 30.3 Å². The van der Waals surface area contributed by atoms with Crippen LogP contribution in [0.25, 0.3) is 28.0 Å². The number of halogens is 1. The maximum absolute atomic E-state index is 6.00. The molecule has 0 bridgehead atoms. The van der Waals surface area contributed by atoms with Crippen molar-refractivity contribution in [2.24, 2.45) is 0 Å². The smallest absolute Gasteiger partial charge is 0.0931 e. The number of aryl methyl sites for hydroxylation is 1. The number of nitrogens with zero attached hydrogens (tertiary/aromatic N) is 2. The molecule has 4 aromatic rings. The van der Waals surface area contributed by atoms with Crippen LogP contribution in [0.15, 0.2) is 60.9 Å². The van der Waals surface area contributed by atoms with Crippen LogP contribution in [0.5, 0.6) is 0 Å². The Hall–Kier alpha value is -2.52. The van der Waals surface area contributed by atoms with Gasteiger partial charge in [0.2, 0.25) is 0 Å². The average Bonchev–Trinajstić information content (AvgIpc) is 3.13. The van der Waals surface area contributed by atoms with Crippen LogP contribution in [0.4, 0.5) is 0 Å². The van der Waals surface area contributed by atoms with E-state index in [9.17, 15) is 0 Å². The summed E-state index contributed by atoms with van der Waals surface area (Å²) in [4.78, 5) is 7.44. The Morgan fingerprint density at radius 1 is 1.00 bits per heavy atom. The molecule has 0 radical (unpaired) electrons. The highest BCUT2D eigenvalue weighted by Crippen LogP contribution is 2.28. The van der Waals surface area contributed by atoms with Crippen molar-refractivity contribution in [3.63, 3.8) is 0 Å². The first-order chi connectivity index (χ1) is 10.7. The van der Waals surface area contributed by atoms with Gasteiger partial charge in [-0.2, -0.15) is 0 Å². The molecule has 4 heteroatoms. The van der Waals surface area contributed by atoms with Crippen LogP contribution in [-0.4, -0.2) is 14.5 Å². The fourth-order valence-corrected chi connectivity index (χ4v) is 2.92. The van der Waals surface area contributed by atoms with E-state index < -0.39 is 0 Å². The van der Waals surface area contributed by atoms with Crippen LogP contribution in [0.3, 0.4) is 0 Å². The number of nitrogens with one attached hydrogen (secondary N) is 1. The van der Waals surface area contributed by atoms with Crippen molar-refractivity contribution in [2.45, 2.75) is 6.92 Å². The van der Waals surface area contributed by atoms with Crippen LogP contribution < -0.4 is 0 Å². The molecule has 0 amide bonds. The van der Waals surface area contributed by atoms with Gasteiger partial charge in [-0.05, 0) is 55.0 Å². The lowest BCUT2D eigenvalue weighted by atomic mass is 10.1. The molecule has 3 nitrogen and oxygen atoms in total. The molecule has 108 valence electrons. The third-order valence-corrected chi connectivity index (χ3v) is 4.13. The molecule has 0 aliphatic heterocycles. The van der Waals surface area contributed by atoms with Crippen molar-refractivity contribution in [1.29, 1.82) is 0 Å². The summed E-state index contributed by atoms with van der Waals surface area (Å²) in [7, 11) is 0. The number of imidazole rings is 1. The normalized spacial score (nSPS) is 11.2. The molecule has 0 fully saturated rings. The van der Waals surface area contributed by atoms with E-state index >= 15 is 0 Å². The summed E-state index contributed by atoms with van der Waals surface area (Å²) in [5.74, 6) is 0. The van der Waals surface area contributed by atoms with Crippen LogP contribution in [0.2, 0.25) is 5.02 Å². The number of rotatable bonds is 2. The number of H-pyrrole nitrogens is 1. The van der Waals surface area contributed by atoms with E-state index in [1.165, 1.54) is 5.69 Å². The number of hydrogen-bond acceptors (Lipinski definition) is 1. The number of aromatic nitrogens is 3. The summed E-state index contributed by atoms with van der Waals surface area (Å²) in [6, 6.07) is 18.4. The summed E-state index contributed by atoms with van der Waals surface area (Å²) >= 11 is 6.00. The Bertz CT molecular complexity index is 948. The molecular formula is C18H14ClN3. The van der Waals surface area contributed by atoms with Gasteiger partial charge in [-0.1, -0.05) is 23.7 Å². The number of hydrogen-bond donors (Lipinski definition) is 1. The molecule has 0 spiro atoms. The molecule has 22 heavy (non-hydrogen) atoms. The van der Waals surface area contributed by atoms with E-state index in [2.05, 4.69) is 45.7 Å². The summed E-state index contributed by atoms with van der Waals surface area (Å²) < 4.78 is 2.24. The van der Waals surface area contributed by atoms with Crippen molar-refractivity contribution >= 4 is 22.6 Å². The third kappa shape index (κ3) is 2.11. The summed E-state index contributed by atoms with van der Waals surface area (Å²) in [5, 5.41) is 0.748. The highest BCUT2D eigenvalue weighted by atomic mass is 35.5. The van der Waals surface area contributed by atoms with Crippen molar-refractivity contribution < 1.29 is 0 Å². The first kappa shape index (κ1) is 13.2. The molecule has 2 aromatic carbocycles. The van der Waals surface area contributed by atoms with Gasteiger partial charge in [0, 0.05) is 16.4 Å². The van der Waals surface area contributed by atoms with E-state index in [-0.39, 0.29) is 0 Å². The first-order valence-corrected chi connectivity index (χ1v) is 7.48. The lowest BCUT2D eigenvalue weighted by molar-refractivity contribution is 1.02. The van der Waals surface area contributed by atoms with E-state index in [0.717, 1.165) is 33.0 Å². The standard InChI is InChI=1S/C18H14ClN3/c1-12-2-9-18(13-3-5-14(19)6-4-13)22(12)15-7-8-16-17(10-15)21-11-20-16/h2-11H,1H3,(H,20,21). The van der Waals surface area contributed by atoms with Crippen molar-refractivity contribution in [1.82, 2.24) is 14.5 Å². The van der Waals surface area contributed by atoms with Gasteiger partial charge in [-0.25, -0.2) is 4.98 Å². The molecule has 2 aromatic heterocycles. The minimum Gasteiger partial charge on any atom is -0.345 e. The van der Waals surface area contributed by atoms with Crippen LogP contribution >= 0.6 is 11.6 Å². The number of benzene rings is 2. The second-order valence-corrected chi connectivity index (χ2v) is 5.74. The van der Waals surface area contributed by atoms with Gasteiger partial charge in [-0.3, -0.25) is 0 Å². The van der Waals surface area contributed by atoms with E-state index in [4.69, 9.17) is 11.6 Å². The molecule has 0 atom stereocenters. The molecule has 0 aliphatic carbocycles. The predicted octanol–water partition coefficient (Wildman–Crippen LogP) is 4.98. The minimum absolute atomic E-state index is 0.748. The van der Waals surface area contributed by atoms with Gasteiger partial charge < -0.3 is 9.55 Å². The Kier molecular flexibility index (Phi) is 3.01. The van der Waals surface area contributed by atoms with Gasteiger partial charge in [0.15, 0.2) is 0 Å². The Morgan fingerprint density at radius 2 is 1.82 bits per heavy atom. The highest BCUT2D eigenvalue weighted by molar-refractivity contribution is 6.30. The second-order valence-electron chi connectivity index (χ2n) is 5.31. The van der Waals surface area contributed by atoms with Crippen molar-refractivity contribution in [3.05, 3.63) is 71.6 Å². The summed E-state index contributed by atoms with van der Waals surface area (Å²) in [6.07, 6.45) is 1.72. The molecule has 2 heterocycles. The fraction of sp³-hybridized carbons (Fsp3) is 0.0556. The quantitative estimate of drug-likeness (QED) is 0.556. The van der Waals surface area contributed by atoms with E-state index in [0.29, 0.717) is 0 Å². The zero-order chi connectivity index (χ0) is 15.1. The fourth-order valence-electron chi connectivity index (χ4n) is 2.79. The molecule has 4 rings (SSSR count). The van der Waals surface area contributed by atoms with Gasteiger partial charge in [0.25, 0.3) is 0 Å². The van der Waals surface area contributed by atoms with Gasteiger partial charge in [-0.15, -0.1) is 0 Å². The molecule has 0 unspecified atom stereocenters. The molecular weight excluding hydrogens is 294 g/mol. The van der Waals surface area contributed by atoms with Crippen LogP contribution in [0.1, 0.15) is 5.69 Å². The van der Waals surface area contributed by atoms with Gasteiger partial charge in [0.05, 0.1) is 23.1 Å². The van der Waals surface area contributed by atoms with Crippen molar-refractivity contribution in [3.8, 4) is 16.9 Å². The zero-order valence-electron chi connectivity index (χ0n) is 12.0. The highest BCUT2D eigenvalue weighted by Gasteiger charge is 2.10. The predicted molar refractivity (Wildman–Crippen MR) is 90.6 cm³/mol. The molecule has 0 aliphatic rings. The maximum atomic E-state index is 6.00. The maximum Gasteiger partial charge on any atom is 0.0931 e. The summed E-state index contributed by atoms with van der Waals surface area (Å²) in [6.45, 7) is 2.11. The van der Waals surface area contributed by atoms with Crippen LogP contribution in [-0.2, 0) is 0 Å². The Balaban J connectivity index is 1.91. The SMILES string of the molecule is Cc1ccc(-c2ccc(Cl)cc2)n1-c1ccc2nc[nH]c2c1. The first-order valence-electron chi connectivity index (χ1n) is 7.10. The number of aromatic amines is 1. The minimum atomic E-state index is 0.748. The number of fused-ring (bicyclic) bond motifs is 1. The molecule has 0 saturated carbocycles. The zero-order valence-corrected chi connectivity index (χ0v) is 12.8. The Morgan fingerprint density at radius 3 is 2.64 bits per heavy atom. The van der Waals surface area contributed by atoms with E-state index in [1.54, 1.807) is 6.33 Å². The largest absolute Gasteiger partial charge is 0.345 e. The third-order valence-electron chi connectivity index (χ3n) is 3.88. The lowest BCUT2D eigenvalue weighted by Crippen LogP contribution is -1.98. The average molecular weight is 308 g/mol. The van der Waals surface area contributed by atoms with Crippen molar-refractivity contribution in [2.75, 3.05) is 0 Å². The van der Waals surface area contributed by atoms with Crippen LogP contribution in [0, 0.1) is 6.92 Å². The summed E-state index contributed by atoms with van der Waals surface area (Å²) in [5.41, 5.74) is 6.59. The van der Waals surface area contributed by atoms with Gasteiger partial charge in [0.1, 0.15) is 0 Å². The Labute approximate surface area is 133 Å². The molecule has 0 saturated heterocycles. The topological polar surface area (TPSA) is 33.6 Å². The second kappa shape index (κ2) is 5.04. The molecule has 1 N–H and O–H groups in total. The lowest BCUT2D eigenvalue weighted by Gasteiger charge is -2.12.